The molecule has 0 fully saturated rings. The van der Waals surface area contributed by atoms with E-state index in [9.17, 15) is 13.0 Å². The van der Waals surface area contributed by atoms with Crippen molar-refractivity contribution in [2.75, 3.05) is 13.2 Å². The molecule has 1 aromatic carbocycles. The Morgan fingerprint density at radius 2 is 2.09 bits per heavy atom. The van der Waals surface area contributed by atoms with Crippen LogP contribution in [0.2, 0.25) is 0 Å². The van der Waals surface area contributed by atoms with Gasteiger partial charge in [0.1, 0.15) is 29.1 Å². The monoisotopic (exact) mass is 350 g/mol. The van der Waals surface area contributed by atoms with Gasteiger partial charge in [-0.25, -0.2) is 8.42 Å². The summed E-state index contributed by atoms with van der Waals surface area (Å²) in [6.07, 6.45) is -0.292. The molecular formula is C13H11NaO6S2. The molecule has 112 valence electrons. The van der Waals surface area contributed by atoms with Gasteiger partial charge in [-0.1, -0.05) is 6.07 Å². The van der Waals surface area contributed by atoms with Crippen molar-refractivity contribution in [1.29, 1.82) is 0 Å². The largest absolute Gasteiger partial charge is 1.00 e. The van der Waals surface area contributed by atoms with Crippen LogP contribution in [-0.4, -0.2) is 32.3 Å². The van der Waals surface area contributed by atoms with E-state index in [0.717, 1.165) is 5.75 Å². The van der Waals surface area contributed by atoms with E-state index >= 15 is 0 Å². The summed E-state index contributed by atoms with van der Waals surface area (Å²) in [6, 6.07) is 5.46. The van der Waals surface area contributed by atoms with Crippen LogP contribution in [0.15, 0.2) is 39.9 Å². The molecule has 0 spiro atoms. The third-order valence-electron chi connectivity index (χ3n) is 2.84. The molecule has 1 aliphatic heterocycles. The second-order valence-corrected chi connectivity index (χ2v) is 6.51. The fourth-order valence-electron chi connectivity index (χ4n) is 1.85. The van der Waals surface area contributed by atoms with Gasteiger partial charge in [0, 0.05) is 10.8 Å². The standard InChI is InChI=1S/C13H12O6S2.Na/c14-21(15,16)11-3-1-2-9(4-11)17-5-10-6-18-12-7-20-8-13(12)19-10;/h1-4,7-8,10H,5-6H2,(H,14,15,16);/q;+1/p-1. The first-order chi connectivity index (χ1) is 10.0. The average molecular weight is 350 g/mol. The SMILES string of the molecule is O=S(=O)([O-])c1cccc(OCC2COc3cscc3O2)c1.[Na+]. The van der Waals surface area contributed by atoms with Gasteiger partial charge in [0.2, 0.25) is 0 Å². The molecule has 3 rings (SSSR count). The minimum atomic E-state index is -4.49. The van der Waals surface area contributed by atoms with Crippen LogP contribution in [0.1, 0.15) is 0 Å². The van der Waals surface area contributed by atoms with Gasteiger partial charge < -0.3 is 18.8 Å². The number of fused-ring (bicyclic) bond motifs is 1. The summed E-state index contributed by atoms with van der Waals surface area (Å²) < 4.78 is 49.5. The van der Waals surface area contributed by atoms with Crippen LogP contribution in [0, 0.1) is 0 Å². The van der Waals surface area contributed by atoms with Gasteiger partial charge >= 0.3 is 29.6 Å². The topological polar surface area (TPSA) is 84.9 Å². The minimum Gasteiger partial charge on any atom is -0.744 e. The van der Waals surface area contributed by atoms with Crippen LogP contribution in [-0.2, 0) is 10.1 Å². The summed E-state index contributed by atoms with van der Waals surface area (Å²) in [5, 5.41) is 3.70. The molecule has 2 heterocycles. The van der Waals surface area contributed by atoms with E-state index in [4.69, 9.17) is 14.2 Å². The number of hydrogen-bond donors (Lipinski definition) is 0. The maximum Gasteiger partial charge on any atom is 1.00 e. The smallest absolute Gasteiger partial charge is 0.744 e. The van der Waals surface area contributed by atoms with E-state index in [2.05, 4.69) is 0 Å². The van der Waals surface area contributed by atoms with Crippen molar-refractivity contribution < 1.29 is 56.7 Å². The fourth-order valence-corrected chi connectivity index (χ4v) is 3.03. The number of benzene rings is 1. The minimum absolute atomic E-state index is 0. The Hall–Kier alpha value is -0.770. The summed E-state index contributed by atoms with van der Waals surface area (Å²) in [5.74, 6) is 1.69. The number of hydrogen-bond acceptors (Lipinski definition) is 7. The van der Waals surface area contributed by atoms with E-state index in [0.29, 0.717) is 18.1 Å². The van der Waals surface area contributed by atoms with Crippen LogP contribution in [0.5, 0.6) is 17.2 Å². The Bertz CT molecular complexity index is 742. The summed E-state index contributed by atoms with van der Waals surface area (Å²) in [7, 11) is -4.49. The quantitative estimate of drug-likeness (QED) is 0.513. The van der Waals surface area contributed by atoms with Crippen molar-refractivity contribution in [3.05, 3.63) is 35.0 Å². The van der Waals surface area contributed by atoms with Gasteiger partial charge in [0.05, 0.1) is 4.90 Å². The van der Waals surface area contributed by atoms with Crippen molar-refractivity contribution in [2.45, 2.75) is 11.0 Å². The van der Waals surface area contributed by atoms with Crippen LogP contribution in [0.25, 0.3) is 0 Å². The zero-order valence-corrected chi connectivity index (χ0v) is 15.4. The molecular weight excluding hydrogens is 339 g/mol. The molecule has 0 aliphatic carbocycles. The van der Waals surface area contributed by atoms with Gasteiger partial charge in [-0.15, -0.1) is 11.3 Å². The first-order valence-corrected chi connectivity index (χ1v) is 8.42. The van der Waals surface area contributed by atoms with Crippen LogP contribution in [0.3, 0.4) is 0 Å². The van der Waals surface area contributed by atoms with Gasteiger partial charge in [0.15, 0.2) is 17.6 Å². The van der Waals surface area contributed by atoms with Crippen molar-refractivity contribution in [1.82, 2.24) is 0 Å². The average Bonchev–Trinajstić information content (AvgIpc) is 2.92. The molecule has 6 nitrogen and oxygen atoms in total. The Kier molecular flexibility index (Phi) is 5.76. The molecule has 22 heavy (non-hydrogen) atoms. The fraction of sp³-hybridized carbons (Fsp3) is 0.231. The van der Waals surface area contributed by atoms with E-state index in [-0.39, 0.29) is 47.2 Å². The molecule has 1 atom stereocenters. The summed E-state index contributed by atoms with van der Waals surface area (Å²) in [4.78, 5) is -0.319. The normalized spacial score (nSPS) is 16.7. The second kappa shape index (κ2) is 7.20. The second-order valence-electron chi connectivity index (χ2n) is 4.39. The predicted molar refractivity (Wildman–Crippen MR) is 74.1 cm³/mol. The van der Waals surface area contributed by atoms with E-state index in [1.54, 1.807) is 6.07 Å². The Labute approximate surface area is 154 Å². The number of rotatable bonds is 4. The molecule has 0 radical (unpaired) electrons. The number of thiophene rings is 1. The maximum atomic E-state index is 10.9. The van der Waals surface area contributed by atoms with Crippen molar-refractivity contribution in [2.24, 2.45) is 0 Å². The van der Waals surface area contributed by atoms with Gasteiger partial charge in [-0.3, -0.25) is 0 Å². The van der Waals surface area contributed by atoms with Crippen molar-refractivity contribution in [3.8, 4) is 17.2 Å². The molecule has 0 bridgehead atoms. The van der Waals surface area contributed by atoms with Crippen LogP contribution >= 0.6 is 11.3 Å². The summed E-state index contributed by atoms with van der Waals surface area (Å²) in [6.45, 7) is 0.543. The molecule has 0 saturated heterocycles. The van der Waals surface area contributed by atoms with Gasteiger partial charge in [-0.05, 0) is 18.2 Å². The van der Waals surface area contributed by atoms with E-state index < -0.39 is 10.1 Å². The Morgan fingerprint density at radius 3 is 2.86 bits per heavy atom. The van der Waals surface area contributed by atoms with Crippen LogP contribution in [0.4, 0.5) is 0 Å². The van der Waals surface area contributed by atoms with Crippen molar-refractivity contribution in [3.63, 3.8) is 0 Å². The molecule has 1 unspecified atom stereocenters. The zero-order valence-electron chi connectivity index (χ0n) is 11.7. The van der Waals surface area contributed by atoms with Crippen LogP contribution < -0.4 is 43.8 Å². The molecule has 9 heteroatoms. The van der Waals surface area contributed by atoms with E-state index in [1.807, 2.05) is 10.8 Å². The molecule has 1 aliphatic rings. The number of ether oxygens (including phenoxy) is 3. The molecule has 0 amide bonds. The molecule has 2 aromatic rings. The van der Waals surface area contributed by atoms with Gasteiger partial charge in [-0.2, -0.15) is 0 Å². The third-order valence-corrected chi connectivity index (χ3v) is 4.37. The zero-order chi connectivity index (χ0) is 14.9. The van der Waals surface area contributed by atoms with Crippen molar-refractivity contribution >= 4 is 21.5 Å². The Balaban J connectivity index is 0.00000176. The predicted octanol–water partition coefficient (Wildman–Crippen LogP) is -1.12. The molecule has 0 saturated carbocycles. The molecule has 1 aromatic heterocycles. The Morgan fingerprint density at radius 1 is 1.32 bits per heavy atom. The maximum absolute atomic E-state index is 10.9. The first kappa shape index (κ1) is 17.6. The first-order valence-electron chi connectivity index (χ1n) is 6.07. The molecule has 0 N–H and O–H groups in total. The third kappa shape index (κ3) is 4.15. The van der Waals surface area contributed by atoms with Gasteiger partial charge in [0.25, 0.3) is 0 Å². The summed E-state index contributed by atoms with van der Waals surface area (Å²) >= 11 is 1.48. The van der Waals surface area contributed by atoms with E-state index in [1.165, 1.54) is 29.5 Å². The summed E-state index contributed by atoms with van der Waals surface area (Å²) in [5.41, 5.74) is 0.